The van der Waals surface area contributed by atoms with Gasteiger partial charge < -0.3 is 9.80 Å². The number of hydrogen-bond donors (Lipinski definition) is 0. The minimum atomic E-state index is -0.0138. The van der Waals surface area contributed by atoms with Crippen LogP contribution in [0.5, 0.6) is 0 Å². The van der Waals surface area contributed by atoms with Crippen LogP contribution < -0.4 is 0 Å². The van der Waals surface area contributed by atoms with Crippen LogP contribution in [-0.2, 0) is 11.2 Å². The molecule has 24 heavy (non-hydrogen) atoms. The van der Waals surface area contributed by atoms with Gasteiger partial charge in [0.25, 0.3) is 5.91 Å². The fourth-order valence-corrected chi connectivity index (χ4v) is 3.77. The van der Waals surface area contributed by atoms with Crippen LogP contribution in [0.25, 0.3) is 5.65 Å². The van der Waals surface area contributed by atoms with Gasteiger partial charge in [-0.1, -0.05) is 6.92 Å². The maximum atomic E-state index is 13.1. The van der Waals surface area contributed by atoms with E-state index in [0.717, 1.165) is 21.4 Å². The van der Waals surface area contributed by atoms with E-state index < -0.39 is 0 Å². The number of nitrogens with zero attached hydrogens (tertiary/aromatic N) is 4. The van der Waals surface area contributed by atoms with Crippen LogP contribution in [0, 0.1) is 6.92 Å². The second-order valence-corrected chi connectivity index (χ2v) is 6.97. The van der Waals surface area contributed by atoms with Gasteiger partial charge >= 0.3 is 0 Å². The van der Waals surface area contributed by atoms with Gasteiger partial charge in [-0.3, -0.25) is 14.0 Å². The average molecular weight is 393 g/mol. The monoisotopic (exact) mass is 392 g/mol. The molecule has 2 amide bonds. The maximum absolute atomic E-state index is 13.1. The highest BCUT2D eigenvalue weighted by molar-refractivity contribution is 9.10. The minimum Gasteiger partial charge on any atom is -0.339 e. The lowest BCUT2D eigenvalue weighted by atomic mass is 10.2. The van der Waals surface area contributed by atoms with Gasteiger partial charge in [-0.05, 0) is 40.9 Å². The highest BCUT2D eigenvalue weighted by Crippen LogP contribution is 2.24. The molecule has 0 aliphatic carbocycles. The van der Waals surface area contributed by atoms with Crippen LogP contribution >= 0.6 is 15.9 Å². The molecule has 0 bridgehead atoms. The summed E-state index contributed by atoms with van der Waals surface area (Å²) in [4.78, 5) is 32.8. The second-order valence-electron chi connectivity index (χ2n) is 6.12. The zero-order valence-corrected chi connectivity index (χ0v) is 15.8. The number of hydrogen-bond acceptors (Lipinski definition) is 3. The van der Waals surface area contributed by atoms with Gasteiger partial charge in [-0.15, -0.1) is 0 Å². The van der Waals surface area contributed by atoms with Crippen LogP contribution in [-0.4, -0.2) is 57.2 Å². The summed E-state index contributed by atoms with van der Waals surface area (Å²) in [5.74, 6) is 0.0470. The first kappa shape index (κ1) is 17.0. The molecular formula is C17H21BrN4O2. The Balaban J connectivity index is 1.97. The van der Waals surface area contributed by atoms with Crippen molar-refractivity contribution in [2.24, 2.45) is 0 Å². The SMILES string of the molecule is CCc1nc2c(Br)cc(C)cn2c1C(=O)N1CCN(C(C)=O)CC1. The number of aromatic nitrogens is 2. The maximum Gasteiger partial charge on any atom is 0.272 e. The molecule has 3 rings (SSSR count). The molecule has 2 aromatic rings. The van der Waals surface area contributed by atoms with Crippen molar-refractivity contribution in [2.75, 3.05) is 26.2 Å². The fraction of sp³-hybridized carbons (Fsp3) is 0.471. The number of carbonyl (C=O) groups excluding carboxylic acids is 2. The molecule has 0 aromatic carbocycles. The van der Waals surface area contributed by atoms with Crippen molar-refractivity contribution in [2.45, 2.75) is 27.2 Å². The molecule has 1 fully saturated rings. The Kier molecular flexibility index (Phi) is 4.62. The highest BCUT2D eigenvalue weighted by Gasteiger charge is 2.28. The number of halogens is 1. The Bertz CT molecular complexity index is 807. The summed E-state index contributed by atoms with van der Waals surface area (Å²) in [6.07, 6.45) is 2.65. The fourth-order valence-electron chi connectivity index (χ4n) is 3.13. The topological polar surface area (TPSA) is 57.9 Å². The molecule has 1 aliphatic rings. The number of fused-ring (bicyclic) bond motifs is 1. The van der Waals surface area contributed by atoms with E-state index in [1.807, 2.05) is 35.4 Å². The van der Waals surface area contributed by atoms with Crippen LogP contribution in [0.2, 0.25) is 0 Å². The Hall–Kier alpha value is -1.89. The van der Waals surface area contributed by atoms with E-state index in [-0.39, 0.29) is 11.8 Å². The van der Waals surface area contributed by atoms with E-state index in [9.17, 15) is 9.59 Å². The smallest absolute Gasteiger partial charge is 0.272 e. The van der Waals surface area contributed by atoms with Crippen molar-refractivity contribution in [3.8, 4) is 0 Å². The summed E-state index contributed by atoms with van der Waals surface area (Å²) in [6, 6.07) is 2.00. The Morgan fingerprint density at radius 3 is 2.42 bits per heavy atom. The van der Waals surface area contributed by atoms with E-state index in [1.54, 1.807) is 11.8 Å². The molecule has 0 spiro atoms. The van der Waals surface area contributed by atoms with Crippen LogP contribution in [0.15, 0.2) is 16.7 Å². The number of aryl methyl sites for hydroxylation is 2. The van der Waals surface area contributed by atoms with Crippen LogP contribution in [0.4, 0.5) is 0 Å². The lowest BCUT2D eigenvalue weighted by Gasteiger charge is -2.34. The van der Waals surface area contributed by atoms with Crippen molar-refractivity contribution in [1.82, 2.24) is 19.2 Å². The predicted molar refractivity (Wildman–Crippen MR) is 95.2 cm³/mol. The predicted octanol–water partition coefficient (Wildman–Crippen LogP) is 2.27. The zero-order valence-electron chi connectivity index (χ0n) is 14.2. The van der Waals surface area contributed by atoms with Crippen molar-refractivity contribution in [1.29, 1.82) is 0 Å². The molecule has 0 N–H and O–H groups in total. The molecular weight excluding hydrogens is 372 g/mol. The third-order valence-corrected chi connectivity index (χ3v) is 5.02. The Labute approximate surface area is 149 Å². The van der Waals surface area contributed by atoms with Gasteiger partial charge in [0.2, 0.25) is 5.91 Å². The van der Waals surface area contributed by atoms with Crippen molar-refractivity contribution >= 4 is 33.4 Å². The number of carbonyl (C=O) groups is 2. The van der Waals surface area contributed by atoms with Gasteiger partial charge in [0.1, 0.15) is 5.69 Å². The first-order valence-corrected chi connectivity index (χ1v) is 8.93. The molecule has 0 radical (unpaired) electrons. The molecule has 6 nitrogen and oxygen atoms in total. The summed E-state index contributed by atoms with van der Waals surface area (Å²) in [5, 5.41) is 0. The lowest BCUT2D eigenvalue weighted by molar-refractivity contribution is -0.130. The summed E-state index contributed by atoms with van der Waals surface area (Å²) < 4.78 is 2.77. The summed E-state index contributed by atoms with van der Waals surface area (Å²) >= 11 is 3.54. The quantitative estimate of drug-likeness (QED) is 0.787. The summed E-state index contributed by atoms with van der Waals surface area (Å²) in [5.41, 5.74) is 3.27. The van der Waals surface area contributed by atoms with Gasteiger partial charge in [-0.25, -0.2) is 4.98 Å². The highest BCUT2D eigenvalue weighted by atomic mass is 79.9. The van der Waals surface area contributed by atoms with Gasteiger partial charge in [0, 0.05) is 39.3 Å². The Morgan fingerprint density at radius 1 is 1.21 bits per heavy atom. The van der Waals surface area contributed by atoms with Crippen LogP contribution in [0.3, 0.4) is 0 Å². The molecule has 0 saturated carbocycles. The largest absolute Gasteiger partial charge is 0.339 e. The number of rotatable bonds is 2. The van der Waals surface area contributed by atoms with Gasteiger partial charge in [0.15, 0.2) is 5.65 Å². The zero-order chi connectivity index (χ0) is 17.4. The van der Waals surface area contributed by atoms with Crippen molar-refractivity contribution in [3.63, 3.8) is 0 Å². The first-order chi connectivity index (χ1) is 11.4. The molecule has 7 heteroatoms. The number of pyridine rings is 1. The summed E-state index contributed by atoms with van der Waals surface area (Å²) in [6.45, 7) is 7.85. The van der Waals surface area contributed by atoms with E-state index in [2.05, 4.69) is 20.9 Å². The standard InChI is InChI=1S/C17H21BrN4O2/c1-4-14-15(22-10-11(2)9-13(18)16(22)19-14)17(24)21-7-5-20(6-8-21)12(3)23/h9-10H,4-8H2,1-3H3. The molecule has 0 unspecified atom stereocenters. The minimum absolute atomic E-state index is 0.0138. The van der Waals surface area contributed by atoms with Crippen molar-refractivity contribution < 1.29 is 9.59 Å². The second kappa shape index (κ2) is 6.55. The number of piperazine rings is 1. The third-order valence-electron chi connectivity index (χ3n) is 4.43. The number of imidazole rings is 1. The average Bonchev–Trinajstić information content (AvgIpc) is 2.93. The molecule has 1 aliphatic heterocycles. The van der Waals surface area contributed by atoms with Crippen LogP contribution in [0.1, 0.15) is 35.6 Å². The molecule has 0 atom stereocenters. The van der Waals surface area contributed by atoms with Gasteiger partial charge in [0.05, 0.1) is 10.2 Å². The number of amides is 2. The molecule has 2 aromatic heterocycles. The third kappa shape index (κ3) is 2.92. The lowest BCUT2D eigenvalue weighted by Crippen LogP contribution is -2.50. The van der Waals surface area contributed by atoms with Gasteiger partial charge in [-0.2, -0.15) is 0 Å². The molecule has 128 valence electrons. The van der Waals surface area contributed by atoms with E-state index in [1.165, 1.54) is 0 Å². The first-order valence-electron chi connectivity index (χ1n) is 8.14. The summed E-state index contributed by atoms with van der Waals surface area (Å²) in [7, 11) is 0. The molecule has 1 saturated heterocycles. The molecule has 3 heterocycles. The van der Waals surface area contributed by atoms with E-state index in [0.29, 0.717) is 38.3 Å². The van der Waals surface area contributed by atoms with Crippen molar-refractivity contribution in [3.05, 3.63) is 33.7 Å². The normalized spacial score (nSPS) is 15.2. The van der Waals surface area contributed by atoms with E-state index >= 15 is 0 Å². The van der Waals surface area contributed by atoms with E-state index in [4.69, 9.17) is 0 Å². The Morgan fingerprint density at radius 2 is 1.83 bits per heavy atom.